The van der Waals surface area contributed by atoms with Crippen LogP contribution in [0.5, 0.6) is 0 Å². The maximum Gasteiger partial charge on any atom is 0.339 e. The van der Waals surface area contributed by atoms with E-state index in [1.165, 1.54) is 6.92 Å². The minimum Gasteiger partial charge on any atom is -0.459 e. The summed E-state index contributed by atoms with van der Waals surface area (Å²) in [5, 5.41) is 23.6. The molecule has 2 atom stereocenters. The van der Waals surface area contributed by atoms with Crippen molar-refractivity contribution in [1.82, 2.24) is 13.7 Å². The van der Waals surface area contributed by atoms with Gasteiger partial charge < -0.3 is 19.7 Å². The second-order valence-electron chi connectivity index (χ2n) is 10.3. The zero-order valence-corrected chi connectivity index (χ0v) is 24.4. The number of carbonyl (C=O) groups excluding carboxylic acids is 2. The van der Waals surface area contributed by atoms with Crippen LogP contribution in [0.25, 0.3) is 21.5 Å². The lowest BCUT2D eigenvalue weighted by atomic mass is 10.0. The number of aromatic nitrogens is 3. The molecule has 0 bridgehead atoms. The molecule has 0 saturated carbocycles. The van der Waals surface area contributed by atoms with Crippen LogP contribution in [0.2, 0.25) is 0 Å². The monoisotopic (exact) mass is 613 g/mol. The van der Waals surface area contributed by atoms with Gasteiger partial charge in [0.15, 0.2) is 0 Å². The summed E-state index contributed by atoms with van der Waals surface area (Å²) in [5.41, 5.74) is -2.52. The number of ether oxygens (including phenoxy) is 2. The summed E-state index contributed by atoms with van der Waals surface area (Å²) in [6, 6.07) is 24.5. The summed E-state index contributed by atoms with van der Waals surface area (Å²) >= 11 is 0. The van der Waals surface area contributed by atoms with Crippen molar-refractivity contribution >= 4 is 33.5 Å². The van der Waals surface area contributed by atoms with Crippen LogP contribution in [0.1, 0.15) is 27.6 Å². The summed E-state index contributed by atoms with van der Waals surface area (Å²) < 4.78 is 12.8. The molecule has 2 unspecified atom stereocenters. The number of hydrogen-bond donors (Lipinski definition) is 2. The Bertz CT molecular complexity index is 2050. The summed E-state index contributed by atoms with van der Waals surface area (Å²) in [5.74, 6) is -1.47. The average molecular weight is 614 g/mol. The molecule has 0 spiro atoms. The molecule has 4 aromatic carbocycles. The maximum absolute atomic E-state index is 13.4. The Labute approximate surface area is 255 Å². The van der Waals surface area contributed by atoms with Crippen LogP contribution >= 0.6 is 0 Å². The first-order valence-electron chi connectivity index (χ1n) is 14.3. The van der Waals surface area contributed by atoms with Crippen molar-refractivity contribution < 1.29 is 29.3 Å². The molecule has 1 heterocycles. The first kappa shape index (κ1) is 31.1. The van der Waals surface area contributed by atoms with Crippen LogP contribution in [0, 0.1) is 0 Å². The summed E-state index contributed by atoms with van der Waals surface area (Å²) in [6.45, 7) is -1.00. The van der Waals surface area contributed by atoms with Gasteiger partial charge in [-0.1, -0.05) is 72.8 Å². The molecule has 0 radical (unpaired) electrons. The lowest BCUT2D eigenvalue weighted by molar-refractivity contribution is 0.00721. The number of carbonyl (C=O) groups is 2. The van der Waals surface area contributed by atoms with E-state index < -0.39 is 67.5 Å². The third kappa shape index (κ3) is 6.47. The predicted molar refractivity (Wildman–Crippen MR) is 165 cm³/mol. The van der Waals surface area contributed by atoms with Crippen LogP contribution in [0.15, 0.2) is 99.3 Å². The molecule has 5 rings (SSSR count). The van der Waals surface area contributed by atoms with Gasteiger partial charge in [0.2, 0.25) is 0 Å². The van der Waals surface area contributed by atoms with Gasteiger partial charge in [-0.25, -0.2) is 37.7 Å². The Morgan fingerprint density at radius 3 is 1.73 bits per heavy atom. The van der Waals surface area contributed by atoms with Crippen molar-refractivity contribution in [3.05, 3.63) is 128 Å². The zero-order valence-electron chi connectivity index (χ0n) is 24.4. The number of nitrogens with zero attached hydrogens (tertiary/aromatic N) is 3. The maximum atomic E-state index is 13.4. The Balaban J connectivity index is 1.35. The second-order valence-corrected chi connectivity index (χ2v) is 10.3. The fourth-order valence-corrected chi connectivity index (χ4v) is 5.14. The molecule has 0 fully saturated rings. The molecule has 232 valence electrons. The standard InChI is InChI=1S/C33H31N3O9/c1-2-34-31(41)35(17-23(38)20-44-29(39)27-15-7-11-21-9-3-5-13-25(21)27)33(43)36(32(34)42)18-24(19-37)45-30(40)28-16-8-12-22-10-4-6-14-26(22)28/h3-16,23-24,37-38H,2,17-20H2,1H3. The van der Waals surface area contributed by atoms with Crippen LogP contribution in [-0.2, 0) is 29.1 Å². The normalized spacial score (nSPS) is 12.6. The van der Waals surface area contributed by atoms with E-state index >= 15 is 0 Å². The molecule has 0 aliphatic rings. The fourth-order valence-electron chi connectivity index (χ4n) is 5.14. The van der Waals surface area contributed by atoms with Crippen molar-refractivity contribution in [2.24, 2.45) is 0 Å². The molecule has 0 aliphatic carbocycles. The van der Waals surface area contributed by atoms with Gasteiger partial charge >= 0.3 is 29.0 Å². The minimum atomic E-state index is -1.48. The molecular formula is C33H31N3O9. The highest BCUT2D eigenvalue weighted by Gasteiger charge is 2.23. The molecule has 45 heavy (non-hydrogen) atoms. The van der Waals surface area contributed by atoms with Crippen molar-refractivity contribution in [3.63, 3.8) is 0 Å². The van der Waals surface area contributed by atoms with Gasteiger partial charge in [-0.05, 0) is 40.6 Å². The van der Waals surface area contributed by atoms with Crippen molar-refractivity contribution in [3.8, 4) is 0 Å². The summed E-state index contributed by atoms with van der Waals surface area (Å²) in [6.07, 6.45) is -2.80. The number of aliphatic hydroxyl groups is 2. The Hall–Kier alpha value is -5.33. The van der Waals surface area contributed by atoms with E-state index in [-0.39, 0.29) is 17.7 Å². The zero-order chi connectivity index (χ0) is 32.1. The van der Waals surface area contributed by atoms with E-state index in [1.807, 2.05) is 36.4 Å². The van der Waals surface area contributed by atoms with Gasteiger partial charge in [0.25, 0.3) is 0 Å². The van der Waals surface area contributed by atoms with Gasteiger partial charge in [-0.2, -0.15) is 0 Å². The van der Waals surface area contributed by atoms with Gasteiger partial charge in [0, 0.05) is 6.54 Å². The number of hydrogen-bond acceptors (Lipinski definition) is 9. The summed E-state index contributed by atoms with van der Waals surface area (Å²) in [7, 11) is 0. The van der Waals surface area contributed by atoms with Crippen LogP contribution in [0.4, 0.5) is 0 Å². The highest BCUT2D eigenvalue weighted by molar-refractivity contribution is 6.05. The quantitative estimate of drug-likeness (QED) is 0.212. The molecule has 1 aromatic heterocycles. The average Bonchev–Trinajstić information content (AvgIpc) is 3.06. The number of fused-ring (bicyclic) bond motifs is 2. The van der Waals surface area contributed by atoms with Gasteiger partial charge in [-0.15, -0.1) is 0 Å². The number of benzene rings is 4. The van der Waals surface area contributed by atoms with Crippen molar-refractivity contribution in [1.29, 1.82) is 0 Å². The molecular weight excluding hydrogens is 582 g/mol. The highest BCUT2D eigenvalue weighted by atomic mass is 16.6. The first-order valence-corrected chi connectivity index (χ1v) is 14.3. The van der Waals surface area contributed by atoms with E-state index in [1.54, 1.807) is 48.5 Å². The Morgan fingerprint density at radius 2 is 1.18 bits per heavy atom. The van der Waals surface area contributed by atoms with E-state index in [0.29, 0.717) is 19.9 Å². The largest absolute Gasteiger partial charge is 0.459 e. The van der Waals surface area contributed by atoms with E-state index in [4.69, 9.17) is 9.47 Å². The third-order valence-electron chi connectivity index (χ3n) is 7.38. The second kappa shape index (κ2) is 13.5. The molecule has 12 nitrogen and oxygen atoms in total. The SMILES string of the molecule is CCn1c(=O)n(CC(O)COC(=O)c2cccc3ccccc23)c(=O)n(CC(CO)OC(=O)c2cccc3ccccc23)c1=O. The minimum absolute atomic E-state index is 0.107. The van der Waals surface area contributed by atoms with Crippen LogP contribution in [-0.4, -0.2) is 61.3 Å². The lowest BCUT2D eigenvalue weighted by Crippen LogP contribution is -2.56. The van der Waals surface area contributed by atoms with Crippen LogP contribution in [0.3, 0.4) is 0 Å². The molecule has 5 aromatic rings. The first-order chi connectivity index (χ1) is 21.7. The van der Waals surface area contributed by atoms with Crippen LogP contribution < -0.4 is 17.1 Å². The highest BCUT2D eigenvalue weighted by Crippen LogP contribution is 2.21. The molecule has 2 N–H and O–H groups in total. The van der Waals surface area contributed by atoms with Crippen molar-refractivity contribution in [2.75, 3.05) is 13.2 Å². The van der Waals surface area contributed by atoms with E-state index in [9.17, 15) is 34.2 Å². The molecule has 12 heteroatoms. The Kier molecular flexibility index (Phi) is 9.36. The van der Waals surface area contributed by atoms with Gasteiger partial charge in [-0.3, -0.25) is 0 Å². The number of esters is 2. The van der Waals surface area contributed by atoms with Gasteiger partial charge in [0.1, 0.15) is 18.8 Å². The number of rotatable bonds is 11. The molecule has 0 saturated heterocycles. The topological polar surface area (TPSA) is 159 Å². The van der Waals surface area contributed by atoms with Gasteiger partial charge in [0.05, 0.1) is 30.8 Å². The predicted octanol–water partition coefficient (Wildman–Crippen LogP) is 1.93. The lowest BCUT2D eigenvalue weighted by Gasteiger charge is -2.19. The summed E-state index contributed by atoms with van der Waals surface area (Å²) in [4.78, 5) is 65.3. The smallest absolute Gasteiger partial charge is 0.339 e. The fraction of sp³-hybridized carbons (Fsp3) is 0.242. The molecule has 0 aliphatic heterocycles. The van der Waals surface area contributed by atoms with Crippen molar-refractivity contribution in [2.45, 2.75) is 38.8 Å². The van der Waals surface area contributed by atoms with E-state index in [2.05, 4.69) is 0 Å². The number of aliphatic hydroxyl groups excluding tert-OH is 2. The Morgan fingerprint density at radius 1 is 0.689 bits per heavy atom. The van der Waals surface area contributed by atoms with E-state index in [0.717, 1.165) is 15.3 Å². The third-order valence-corrected chi connectivity index (χ3v) is 7.38. The molecule has 0 amide bonds.